The summed E-state index contributed by atoms with van der Waals surface area (Å²) in [6, 6.07) is 5.77. The molecule has 0 saturated carbocycles. The molecule has 0 aliphatic carbocycles. The van der Waals surface area contributed by atoms with Crippen LogP contribution in [0.5, 0.6) is 0 Å². The molecule has 2 fully saturated rings. The van der Waals surface area contributed by atoms with Crippen LogP contribution in [0.15, 0.2) is 24.4 Å². The van der Waals surface area contributed by atoms with Gasteiger partial charge in [-0.1, -0.05) is 6.07 Å². The van der Waals surface area contributed by atoms with Crippen molar-refractivity contribution in [2.45, 2.75) is 24.8 Å². The Morgan fingerprint density at radius 1 is 1.38 bits per heavy atom. The maximum atomic E-state index is 12.0. The molecule has 112 valence electrons. The molecule has 1 spiro atoms. The predicted molar refractivity (Wildman–Crippen MR) is 76.9 cm³/mol. The molecule has 0 radical (unpaired) electrons. The summed E-state index contributed by atoms with van der Waals surface area (Å²) in [6.45, 7) is 1.44. The first-order valence-corrected chi connectivity index (χ1v) is 7.20. The van der Waals surface area contributed by atoms with E-state index in [1.165, 1.54) is 0 Å². The summed E-state index contributed by atoms with van der Waals surface area (Å²) >= 11 is 0. The summed E-state index contributed by atoms with van der Waals surface area (Å²) in [5.74, 6) is -0.611. The Hall–Kier alpha value is -2.11. The van der Waals surface area contributed by atoms with E-state index < -0.39 is 17.4 Å². The van der Waals surface area contributed by atoms with Crippen molar-refractivity contribution in [1.29, 1.82) is 0 Å². The van der Waals surface area contributed by atoms with Gasteiger partial charge in [0, 0.05) is 32.8 Å². The zero-order valence-electron chi connectivity index (χ0n) is 12.0. The lowest BCUT2D eigenvalue weighted by molar-refractivity contribution is -0.145. The number of hydrogen-bond donors (Lipinski definition) is 1. The van der Waals surface area contributed by atoms with E-state index in [2.05, 4.69) is 9.88 Å². The largest absolute Gasteiger partial charge is 0.481 e. The van der Waals surface area contributed by atoms with E-state index in [1.807, 2.05) is 18.2 Å². The van der Waals surface area contributed by atoms with Gasteiger partial charge in [0.05, 0.1) is 11.5 Å². The summed E-state index contributed by atoms with van der Waals surface area (Å²) in [5, 5.41) is 9.44. The molecule has 1 N–H and O–H groups in total. The van der Waals surface area contributed by atoms with Crippen LogP contribution in [0, 0.1) is 5.92 Å². The molecule has 21 heavy (non-hydrogen) atoms. The highest BCUT2D eigenvalue weighted by Crippen LogP contribution is 2.43. The molecule has 1 unspecified atom stereocenters. The highest BCUT2D eigenvalue weighted by atomic mass is 16.4. The molecule has 0 aromatic carbocycles. The minimum atomic E-state index is -0.862. The second kappa shape index (κ2) is 5.02. The Kier molecular flexibility index (Phi) is 3.31. The number of nitrogens with zero attached hydrogens (tertiary/aromatic N) is 3. The van der Waals surface area contributed by atoms with Gasteiger partial charge in [-0.25, -0.2) is 4.98 Å². The summed E-state index contributed by atoms with van der Waals surface area (Å²) in [7, 11) is 1.74. The van der Waals surface area contributed by atoms with Crippen molar-refractivity contribution < 1.29 is 14.7 Å². The van der Waals surface area contributed by atoms with Gasteiger partial charge in [-0.05, 0) is 25.0 Å². The van der Waals surface area contributed by atoms with Crippen molar-refractivity contribution >= 4 is 17.7 Å². The van der Waals surface area contributed by atoms with Gasteiger partial charge in [-0.2, -0.15) is 0 Å². The van der Waals surface area contributed by atoms with Crippen LogP contribution < -0.4 is 4.90 Å². The van der Waals surface area contributed by atoms with Crippen LogP contribution in [-0.4, -0.2) is 52.5 Å². The van der Waals surface area contributed by atoms with Gasteiger partial charge in [-0.3, -0.25) is 9.59 Å². The lowest BCUT2D eigenvalue weighted by atomic mass is 9.77. The van der Waals surface area contributed by atoms with Gasteiger partial charge < -0.3 is 14.9 Å². The highest BCUT2D eigenvalue weighted by molar-refractivity contribution is 5.88. The normalized spacial score (nSPS) is 24.6. The van der Waals surface area contributed by atoms with Crippen molar-refractivity contribution in [3.63, 3.8) is 0 Å². The van der Waals surface area contributed by atoms with E-state index >= 15 is 0 Å². The number of piperidine rings is 1. The van der Waals surface area contributed by atoms with Gasteiger partial charge in [0.15, 0.2) is 0 Å². The average Bonchev–Trinajstić information content (AvgIpc) is 2.75. The number of carbonyl (C=O) groups excluding carboxylic acids is 1. The Morgan fingerprint density at radius 3 is 2.67 bits per heavy atom. The Balaban J connectivity index is 1.80. The Labute approximate surface area is 123 Å². The number of amides is 1. The van der Waals surface area contributed by atoms with Crippen molar-refractivity contribution in [3.8, 4) is 0 Å². The van der Waals surface area contributed by atoms with Crippen LogP contribution in [0.2, 0.25) is 0 Å². The third-order valence-electron chi connectivity index (χ3n) is 4.97. The van der Waals surface area contributed by atoms with E-state index in [4.69, 9.17) is 0 Å². The van der Waals surface area contributed by atoms with Crippen LogP contribution in [0.25, 0.3) is 0 Å². The van der Waals surface area contributed by atoms with Crippen LogP contribution >= 0.6 is 0 Å². The fraction of sp³-hybridized carbons (Fsp3) is 0.533. The predicted octanol–water partition coefficient (Wildman–Crippen LogP) is 0.983. The number of carbonyl (C=O) groups is 2. The molecular formula is C15H19N3O3. The minimum Gasteiger partial charge on any atom is -0.481 e. The molecule has 1 aromatic heterocycles. The Bertz CT molecular complexity index is 553. The number of hydrogen-bond acceptors (Lipinski definition) is 4. The fourth-order valence-corrected chi connectivity index (χ4v) is 3.65. The lowest BCUT2D eigenvalue weighted by Crippen LogP contribution is -2.56. The van der Waals surface area contributed by atoms with Gasteiger partial charge in [0.25, 0.3) is 0 Å². The number of aromatic nitrogens is 1. The first-order chi connectivity index (χ1) is 10.0. The Morgan fingerprint density at radius 2 is 2.10 bits per heavy atom. The van der Waals surface area contributed by atoms with Gasteiger partial charge in [-0.15, -0.1) is 0 Å². The number of aliphatic carboxylic acids is 1. The molecule has 2 saturated heterocycles. The molecule has 1 aromatic rings. The zero-order chi connectivity index (χ0) is 15.0. The SMILES string of the molecule is CN1C(=O)CC(C(=O)O)C12CCN(c1ccccn1)CC2. The van der Waals surface area contributed by atoms with Crippen molar-refractivity contribution in [3.05, 3.63) is 24.4 Å². The lowest BCUT2D eigenvalue weighted by Gasteiger charge is -2.45. The number of carboxylic acid groups (broad SMARTS) is 1. The summed E-state index contributed by atoms with van der Waals surface area (Å²) in [5.41, 5.74) is -0.534. The van der Waals surface area contributed by atoms with Crippen LogP contribution in [0.4, 0.5) is 5.82 Å². The summed E-state index contributed by atoms with van der Waals surface area (Å²) in [4.78, 5) is 31.6. The standard InChI is InChI=1S/C15H19N3O3/c1-17-13(19)10-11(14(20)21)15(17)5-8-18(9-6-15)12-4-2-3-7-16-12/h2-4,7,11H,5-6,8-10H2,1H3,(H,20,21). The maximum absolute atomic E-state index is 12.0. The van der Waals surface area contributed by atoms with E-state index in [1.54, 1.807) is 18.1 Å². The minimum absolute atomic E-state index is 0.0614. The van der Waals surface area contributed by atoms with Crippen LogP contribution in [-0.2, 0) is 9.59 Å². The molecule has 1 amide bonds. The molecule has 6 heteroatoms. The van der Waals surface area contributed by atoms with Gasteiger partial charge in [0.2, 0.25) is 5.91 Å². The average molecular weight is 289 g/mol. The molecule has 0 bridgehead atoms. The third kappa shape index (κ3) is 2.14. The third-order valence-corrected chi connectivity index (χ3v) is 4.97. The molecule has 6 nitrogen and oxygen atoms in total. The number of pyridine rings is 1. The highest BCUT2D eigenvalue weighted by Gasteiger charge is 2.55. The second-order valence-corrected chi connectivity index (χ2v) is 5.83. The zero-order valence-corrected chi connectivity index (χ0v) is 12.0. The van der Waals surface area contributed by atoms with E-state index in [-0.39, 0.29) is 12.3 Å². The fourth-order valence-electron chi connectivity index (χ4n) is 3.65. The second-order valence-electron chi connectivity index (χ2n) is 5.83. The smallest absolute Gasteiger partial charge is 0.309 e. The van der Waals surface area contributed by atoms with Crippen LogP contribution in [0.1, 0.15) is 19.3 Å². The first kappa shape index (κ1) is 13.9. The van der Waals surface area contributed by atoms with Gasteiger partial charge >= 0.3 is 5.97 Å². The number of carboxylic acids is 1. The monoisotopic (exact) mass is 289 g/mol. The summed E-state index contributed by atoms with van der Waals surface area (Å²) in [6.07, 6.45) is 3.21. The van der Waals surface area contributed by atoms with Gasteiger partial charge in [0.1, 0.15) is 5.82 Å². The number of rotatable bonds is 2. The molecule has 1 atom stereocenters. The molecule has 2 aliphatic rings. The summed E-state index contributed by atoms with van der Waals surface area (Å²) < 4.78 is 0. The van der Waals surface area contributed by atoms with Crippen molar-refractivity contribution in [2.75, 3.05) is 25.0 Å². The first-order valence-electron chi connectivity index (χ1n) is 7.20. The van der Waals surface area contributed by atoms with E-state index in [9.17, 15) is 14.7 Å². The van der Waals surface area contributed by atoms with Crippen molar-refractivity contribution in [1.82, 2.24) is 9.88 Å². The topological polar surface area (TPSA) is 73.7 Å². The quantitative estimate of drug-likeness (QED) is 0.878. The molecule has 2 aliphatic heterocycles. The van der Waals surface area contributed by atoms with E-state index in [0.29, 0.717) is 12.8 Å². The number of anilines is 1. The molecule has 3 rings (SSSR count). The van der Waals surface area contributed by atoms with Crippen molar-refractivity contribution in [2.24, 2.45) is 5.92 Å². The number of likely N-dealkylation sites (tertiary alicyclic amines) is 1. The van der Waals surface area contributed by atoms with E-state index in [0.717, 1.165) is 18.9 Å². The maximum Gasteiger partial charge on any atom is 0.309 e. The van der Waals surface area contributed by atoms with Crippen LogP contribution in [0.3, 0.4) is 0 Å². The molecule has 3 heterocycles. The molecular weight excluding hydrogens is 270 g/mol.